The first-order valence-corrected chi connectivity index (χ1v) is 15.4. The number of hydrogen-bond donors (Lipinski definition) is 3. The maximum Gasteiger partial charge on any atom is 0.255 e. The number of sulfonamides is 1. The van der Waals surface area contributed by atoms with Crippen LogP contribution in [0.5, 0.6) is 0 Å². The molecular formula is C24H27ClF2N2O6S2. The van der Waals surface area contributed by atoms with E-state index in [0.717, 1.165) is 18.4 Å². The standard InChI is InChI=1S/C24H27ClF2N2O6S2/c1-13-20(8-7-19(26)22(13)27)29-23(30)14-3-6-18(25)21(9-14)37(34,35)17-10-15-4-5-16(11-17)24(15,31)12-28-36(2,32)33/h3,6-9,15-17,28,31H,4-5,10-12H2,1-2H3,(H,29,30). The van der Waals surface area contributed by atoms with Gasteiger partial charge in [0.2, 0.25) is 10.0 Å². The highest BCUT2D eigenvalue weighted by atomic mass is 35.5. The van der Waals surface area contributed by atoms with E-state index < -0.39 is 60.1 Å². The average Bonchev–Trinajstić information content (AvgIpc) is 2.98. The lowest BCUT2D eigenvalue weighted by Gasteiger charge is -2.42. The number of rotatable bonds is 7. The molecule has 3 N–H and O–H groups in total. The molecule has 202 valence electrons. The molecule has 2 fully saturated rings. The summed E-state index contributed by atoms with van der Waals surface area (Å²) in [5.74, 6) is -3.75. The van der Waals surface area contributed by atoms with Crippen molar-refractivity contribution in [3.05, 3.63) is 58.1 Å². The van der Waals surface area contributed by atoms with Crippen molar-refractivity contribution >= 4 is 43.1 Å². The third-order valence-corrected chi connectivity index (χ3v) is 10.8. The Morgan fingerprint density at radius 1 is 1.11 bits per heavy atom. The van der Waals surface area contributed by atoms with Crippen LogP contribution in [0.15, 0.2) is 35.2 Å². The summed E-state index contributed by atoms with van der Waals surface area (Å²) in [6.07, 6.45) is 2.33. The number of carbonyl (C=O) groups excluding carboxylic acids is 1. The van der Waals surface area contributed by atoms with Gasteiger partial charge in [-0.3, -0.25) is 4.79 Å². The maximum absolute atomic E-state index is 13.9. The summed E-state index contributed by atoms with van der Waals surface area (Å²) in [5.41, 5.74) is -1.46. The minimum atomic E-state index is -4.03. The van der Waals surface area contributed by atoms with E-state index in [4.69, 9.17) is 11.6 Å². The molecule has 4 rings (SSSR count). The lowest BCUT2D eigenvalue weighted by molar-refractivity contribution is -0.0525. The highest BCUT2D eigenvalue weighted by molar-refractivity contribution is 7.92. The number of sulfone groups is 1. The monoisotopic (exact) mass is 576 g/mol. The van der Waals surface area contributed by atoms with Crippen molar-refractivity contribution in [1.82, 2.24) is 4.72 Å². The molecule has 0 saturated heterocycles. The number of nitrogens with one attached hydrogen (secondary N) is 2. The first-order chi connectivity index (χ1) is 17.1. The highest BCUT2D eigenvalue weighted by Gasteiger charge is 2.55. The number of halogens is 3. The van der Waals surface area contributed by atoms with Gasteiger partial charge in [-0.1, -0.05) is 11.6 Å². The number of aliphatic hydroxyl groups is 1. The second kappa shape index (κ2) is 9.88. The molecular weight excluding hydrogens is 550 g/mol. The van der Waals surface area contributed by atoms with E-state index in [1.165, 1.54) is 25.1 Å². The molecule has 1 amide bonds. The van der Waals surface area contributed by atoms with Crippen molar-refractivity contribution in [3.8, 4) is 0 Å². The minimum Gasteiger partial charge on any atom is -0.388 e. The third kappa shape index (κ3) is 5.40. The van der Waals surface area contributed by atoms with Gasteiger partial charge in [-0.25, -0.2) is 30.3 Å². The van der Waals surface area contributed by atoms with E-state index in [1.54, 1.807) is 0 Å². The molecule has 2 aliphatic rings. The van der Waals surface area contributed by atoms with Gasteiger partial charge in [-0.15, -0.1) is 0 Å². The van der Waals surface area contributed by atoms with Crippen LogP contribution in [-0.2, 0) is 19.9 Å². The van der Waals surface area contributed by atoms with Crippen LogP contribution >= 0.6 is 11.6 Å². The number of amides is 1. The Labute approximate surface area is 219 Å². The second-order valence-electron chi connectivity index (χ2n) is 9.83. The average molecular weight is 577 g/mol. The summed E-state index contributed by atoms with van der Waals surface area (Å²) >= 11 is 6.24. The fourth-order valence-electron chi connectivity index (χ4n) is 5.42. The molecule has 8 nitrogen and oxygen atoms in total. The molecule has 2 aromatic rings. The van der Waals surface area contributed by atoms with E-state index in [1.807, 2.05) is 0 Å². The number of carbonyl (C=O) groups is 1. The number of hydrogen-bond acceptors (Lipinski definition) is 6. The molecule has 2 aromatic carbocycles. The van der Waals surface area contributed by atoms with Gasteiger partial charge in [0.1, 0.15) is 0 Å². The fourth-order valence-corrected chi connectivity index (χ4v) is 8.32. The Kier molecular flexibility index (Phi) is 7.45. The summed E-state index contributed by atoms with van der Waals surface area (Å²) in [6, 6.07) is 5.84. The molecule has 2 aliphatic carbocycles. The number of anilines is 1. The van der Waals surface area contributed by atoms with Crippen LogP contribution in [0, 0.1) is 30.4 Å². The first kappa shape index (κ1) is 27.9. The van der Waals surface area contributed by atoms with Gasteiger partial charge in [0.05, 0.1) is 27.0 Å². The van der Waals surface area contributed by atoms with Crippen LogP contribution in [0.3, 0.4) is 0 Å². The number of benzene rings is 2. The van der Waals surface area contributed by atoms with Crippen molar-refractivity contribution in [3.63, 3.8) is 0 Å². The topological polar surface area (TPSA) is 130 Å². The minimum absolute atomic E-state index is 0.0362. The van der Waals surface area contributed by atoms with Gasteiger partial charge in [-0.2, -0.15) is 0 Å². The molecule has 37 heavy (non-hydrogen) atoms. The third-order valence-electron chi connectivity index (χ3n) is 7.52. The molecule has 0 aromatic heterocycles. The van der Waals surface area contributed by atoms with Crippen LogP contribution in [0.1, 0.15) is 41.6 Å². The summed E-state index contributed by atoms with van der Waals surface area (Å²) < 4.78 is 80.0. The lowest BCUT2D eigenvalue weighted by Crippen LogP contribution is -2.54. The maximum atomic E-state index is 13.9. The van der Waals surface area contributed by atoms with E-state index in [0.29, 0.717) is 12.8 Å². The van der Waals surface area contributed by atoms with Crippen LogP contribution in [-0.4, -0.2) is 51.5 Å². The smallest absolute Gasteiger partial charge is 0.255 e. The Hall–Kier alpha value is -2.12. The summed E-state index contributed by atoms with van der Waals surface area (Å²) in [6.45, 7) is 1.11. The molecule has 2 bridgehead atoms. The molecule has 0 heterocycles. The first-order valence-electron chi connectivity index (χ1n) is 11.6. The Bertz CT molecular complexity index is 1450. The molecule has 13 heteroatoms. The van der Waals surface area contributed by atoms with Crippen LogP contribution in [0.2, 0.25) is 5.02 Å². The van der Waals surface area contributed by atoms with Crippen LogP contribution in [0.4, 0.5) is 14.5 Å². The van der Waals surface area contributed by atoms with Crippen molar-refractivity contribution in [1.29, 1.82) is 0 Å². The number of fused-ring (bicyclic) bond motifs is 2. The zero-order valence-electron chi connectivity index (χ0n) is 20.1. The Morgan fingerprint density at radius 2 is 1.73 bits per heavy atom. The molecule has 2 atom stereocenters. The molecule has 0 spiro atoms. The van der Waals surface area contributed by atoms with Gasteiger partial charge in [-0.05, 0) is 74.8 Å². The zero-order chi connectivity index (χ0) is 27.3. The van der Waals surface area contributed by atoms with Crippen molar-refractivity contribution in [2.75, 3.05) is 18.1 Å². The SMILES string of the molecule is Cc1c(NC(=O)c2ccc(Cl)c(S(=O)(=O)C3CC4CCC(C3)C4(O)CNS(C)(=O)=O)c2)ccc(F)c1F. The van der Waals surface area contributed by atoms with Crippen LogP contribution in [0.25, 0.3) is 0 Å². The molecule has 0 radical (unpaired) electrons. The van der Waals surface area contributed by atoms with Crippen molar-refractivity contribution in [2.24, 2.45) is 11.8 Å². The Balaban J connectivity index is 1.57. The highest BCUT2D eigenvalue weighted by Crippen LogP contribution is 2.52. The zero-order valence-corrected chi connectivity index (χ0v) is 22.5. The summed E-state index contributed by atoms with van der Waals surface area (Å²) in [4.78, 5) is 12.6. The van der Waals surface area contributed by atoms with E-state index in [9.17, 15) is 35.5 Å². The van der Waals surface area contributed by atoms with E-state index in [2.05, 4.69) is 10.0 Å². The predicted octanol–water partition coefficient (Wildman–Crippen LogP) is 3.42. The van der Waals surface area contributed by atoms with E-state index in [-0.39, 0.29) is 46.1 Å². The summed E-state index contributed by atoms with van der Waals surface area (Å²) in [5, 5.41) is 12.7. The van der Waals surface area contributed by atoms with Crippen molar-refractivity contribution in [2.45, 2.75) is 48.4 Å². The Morgan fingerprint density at radius 3 is 2.32 bits per heavy atom. The van der Waals surface area contributed by atoms with Gasteiger partial charge >= 0.3 is 0 Å². The quantitative estimate of drug-likeness (QED) is 0.463. The second-order valence-corrected chi connectivity index (χ2v) is 14.3. The lowest BCUT2D eigenvalue weighted by atomic mass is 9.74. The molecule has 2 unspecified atom stereocenters. The predicted molar refractivity (Wildman–Crippen MR) is 135 cm³/mol. The largest absolute Gasteiger partial charge is 0.388 e. The van der Waals surface area contributed by atoms with Gasteiger partial charge < -0.3 is 10.4 Å². The fraction of sp³-hybridized carbons (Fsp3) is 0.458. The van der Waals surface area contributed by atoms with Crippen LogP contribution < -0.4 is 10.0 Å². The molecule has 2 saturated carbocycles. The van der Waals surface area contributed by atoms with Gasteiger partial charge in [0, 0.05) is 23.4 Å². The molecule has 0 aliphatic heterocycles. The normalized spacial score (nSPS) is 25.7. The van der Waals surface area contributed by atoms with Gasteiger partial charge in [0.15, 0.2) is 21.5 Å². The van der Waals surface area contributed by atoms with E-state index >= 15 is 0 Å². The summed E-state index contributed by atoms with van der Waals surface area (Å²) in [7, 11) is -7.57. The van der Waals surface area contributed by atoms with Gasteiger partial charge in [0.25, 0.3) is 5.91 Å². The van der Waals surface area contributed by atoms with Crippen molar-refractivity contribution < 1.29 is 35.5 Å².